The van der Waals surface area contributed by atoms with E-state index >= 15 is 0 Å². The summed E-state index contributed by atoms with van der Waals surface area (Å²) in [6.45, 7) is 6.12. The Hall–Kier alpha value is -2.31. The Morgan fingerprint density at radius 2 is 1.93 bits per heavy atom. The topological polar surface area (TPSA) is 62.0 Å². The Morgan fingerprint density at radius 1 is 1.14 bits per heavy atom. The third kappa shape index (κ3) is 8.59. The SMILES string of the molecule is COCCNC(=NCCC(C)N(C)Cc1ccccc1)NCCc1ccco1. The molecule has 1 aromatic heterocycles. The zero-order valence-electron chi connectivity index (χ0n) is 17.4. The normalized spacial score (nSPS) is 12.9. The second-order valence-electron chi connectivity index (χ2n) is 6.94. The van der Waals surface area contributed by atoms with Crippen molar-refractivity contribution >= 4 is 5.96 Å². The van der Waals surface area contributed by atoms with Gasteiger partial charge in [-0.2, -0.15) is 0 Å². The second-order valence-corrected chi connectivity index (χ2v) is 6.94. The maximum Gasteiger partial charge on any atom is 0.191 e. The van der Waals surface area contributed by atoms with Gasteiger partial charge in [-0.25, -0.2) is 0 Å². The molecule has 0 aliphatic heterocycles. The molecular weight excluding hydrogens is 352 g/mol. The Kier molecular flexibility index (Phi) is 10.2. The van der Waals surface area contributed by atoms with Gasteiger partial charge >= 0.3 is 0 Å². The number of guanidine groups is 1. The van der Waals surface area contributed by atoms with Crippen LogP contribution in [0.3, 0.4) is 0 Å². The van der Waals surface area contributed by atoms with E-state index in [4.69, 9.17) is 14.1 Å². The van der Waals surface area contributed by atoms with Gasteiger partial charge in [-0.3, -0.25) is 9.89 Å². The average Bonchev–Trinajstić information content (AvgIpc) is 3.22. The van der Waals surface area contributed by atoms with E-state index in [2.05, 4.69) is 59.8 Å². The summed E-state index contributed by atoms with van der Waals surface area (Å²) in [5.74, 6) is 1.79. The molecule has 1 unspecified atom stereocenters. The van der Waals surface area contributed by atoms with Gasteiger partial charge in [0.15, 0.2) is 5.96 Å². The number of methoxy groups -OCH3 is 1. The molecule has 154 valence electrons. The molecule has 0 aliphatic rings. The highest BCUT2D eigenvalue weighted by atomic mass is 16.5. The van der Waals surface area contributed by atoms with E-state index in [1.807, 2.05) is 12.1 Å². The minimum absolute atomic E-state index is 0.451. The fourth-order valence-electron chi connectivity index (χ4n) is 2.82. The molecule has 0 radical (unpaired) electrons. The molecule has 6 nitrogen and oxygen atoms in total. The van der Waals surface area contributed by atoms with Crippen LogP contribution in [-0.4, -0.2) is 57.3 Å². The van der Waals surface area contributed by atoms with Crippen LogP contribution in [0.4, 0.5) is 0 Å². The van der Waals surface area contributed by atoms with Crippen molar-refractivity contribution in [1.29, 1.82) is 0 Å². The minimum Gasteiger partial charge on any atom is -0.469 e. The molecular formula is C22H34N4O2. The molecule has 0 saturated heterocycles. The Morgan fingerprint density at radius 3 is 2.64 bits per heavy atom. The maximum absolute atomic E-state index is 5.38. The van der Waals surface area contributed by atoms with Crippen LogP contribution in [0.1, 0.15) is 24.7 Å². The summed E-state index contributed by atoms with van der Waals surface area (Å²) in [5, 5.41) is 6.68. The number of nitrogens with zero attached hydrogens (tertiary/aromatic N) is 2. The summed E-state index contributed by atoms with van der Waals surface area (Å²) in [5.41, 5.74) is 1.34. The van der Waals surface area contributed by atoms with Crippen molar-refractivity contribution in [3.05, 3.63) is 60.1 Å². The van der Waals surface area contributed by atoms with E-state index in [1.165, 1.54) is 5.56 Å². The highest BCUT2D eigenvalue weighted by molar-refractivity contribution is 5.79. The molecule has 0 aliphatic carbocycles. The van der Waals surface area contributed by atoms with Gasteiger partial charge in [0, 0.05) is 45.8 Å². The fraction of sp³-hybridized carbons (Fsp3) is 0.500. The molecule has 0 saturated carbocycles. The number of hydrogen-bond donors (Lipinski definition) is 2. The van der Waals surface area contributed by atoms with Crippen LogP contribution in [0, 0.1) is 0 Å². The van der Waals surface area contributed by atoms with Crippen molar-refractivity contribution in [3.8, 4) is 0 Å². The summed E-state index contributed by atoms with van der Waals surface area (Å²) < 4.78 is 10.5. The third-order valence-corrected chi connectivity index (χ3v) is 4.69. The van der Waals surface area contributed by atoms with Gasteiger partial charge in [-0.1, -0.05) is 30.3 Å². The minimum atomic E-state index is 0.451. The summed E-state index contributed by atoms with van der Waals surface area (Å²) in [7, 11) is 3.87. The average molecular weight is 387 g/mol. The predicted octanol–water partition coefficient (Wildman–Crippen LogP) is 2.91. The first-order valence-electron chi connectivity index (χ1n) is 9.96. The lowest BCUT2D eigenvalue weighted by Gasteiger charge is -2.24. The summed E-state index contributed by atoms with van der Waals surface area (Å²) in [6, 6.07) is 14.9. The molecule has 28 heavy (non-hydrogen) atoms. The predicted molar refractivity (Wildman–Crippen MR) is 115 cm³/mol. The molecule has 1 aromatic carbocycles. The largest absolute Gasteiger partial charge is 0.469 e. The van der Waals surface area contributed by atoms with Crippen molar-refractivity contribution in [3.63, 3.8) is 0 Å². The summed E-state index contributed by atoms with van der Waals surface area (Å²) in [6.07, 6.45) is 3.53. The first-order chi connectivity index (χ1) is 13.7. The molecule has 1 atom stereocenters. The van der Waals surface area contributed by atoms with E-state index in [0.717, 1.165) is 50.7 Å². The van der Waals surface area contributed by atoms with Crippen molar-refractivity contribution < 1.29 is 9.15 Å². The van der Waals surface area contributed by atoms with E-state index in [1.54, 1.807) is 13.4 Å². The molecule has 2 aromatic rings. The van der Waals surface area contributed by atoms with Gasteiger partial charge in [0.25, 0.3) is 0 Å². The summed E-state index contributed by atoms with van der Waals surface area (Å²) in [4.78, 5) is 7.09. The van der Waals surface area contributed by atoms with Crippen molar-refractivity contribution in [1.82, 2.24) is 15.5 Å². The Labute approximate surface area is 169 Å². The molecule has 0 bridgehead atoms. The summed E-state index contributed by atoms with van der Waals surface area (Å²) >= 11 is 0. The van der Waals surface area contributed by atoms with Crippen LogP contribution in [0.25, 0.3) is 0 Å². The number of hydrogen-bond acceptors (Lipinski definition) is 4. The van der Waals surface area contributed by atoms with Crippen molar-refractivity contribution in [2.75, 3.05) is 40.4 Å². The number of aliphatic imine (C=N–C) groups is 1. The van der Waals surface area contributed by atoms with Crippen LogP contribution in [0.2, 0.25) is 0 Å². The smallest absolute Gasteiger partial charge is 0.191 e. The van der Waals surface area contributed by atoms with E-state index < -0.39 is 0 Å². The van der Waals surface area contributed by atoms with Crippen LogP contribution >= 0.6 is 0 Å². The monoisotopic (exact) mass is 386 g/mol. The number of benzene rings is 1. The third-order valence-electron chi connectivity index (χ3n) is 4.69. The molecule has 1 heterocycles. The van der Waals surface area contributed by atoms with Gasteiger partial charge in [-0.05, 0) is 38.1 Å². The van der Waals surface area contributed by atoms with Gasteiger partial charge in [0.2, 0.25) is 0 Å². The molecule has 0 spiro atoms. The lowest BCUT2D eigenvalue weighted by molar-refractivity contribution is 0.203. The van der Waals surface area contributed by atoms with Gasteiger partial charge in [-0.15, -0.1) is 0 Å². The van der Waals surface area contributed by atoms with Gasteiger partial charge < -0.3 is 19.8 Å². The first kappa shape index (κ1) is 22.0. The number of furan rings is 1. The van der Waals surface area contributed by atoms with E-state index in [-0.39, 0.29) is 0 Å². The van der Waals surface area contributed by atoms with Gasteiger partial charge in [0.1, 0.15) is 5.76 Å². The van der Waals surface area contributed by atoms with Crippen LogP contribution in [0.5, 0.6) is 0 Å². The van der Waals surface area contributed by atoms with Gasteiger partial charge in [0.05, 0.1) is 12.9 Å². The van der Waals surface area contributed by atoms with Crippen LogP contribution in [0.15, 0.2) is 58.1 Å². The van der Waals surface area contributed by atoms with Crippen LogP contribution in [-0.2, 0) is 17.7 Å². The quantitative estimate of drug-likeness (QED) is 0.334. The highest BCUT2D eigenvalue weighted by Gasteiger charge is 2.09. The second kappa shape index (κ2) is 13.0. The van der Waals surface area contributed by atoms with Crippen molar-refractivity contribution in [2.24, 2.45) is 4.99 Å². The number of nitrogens with one attached hydrogen (secondary N) is 2. The number of rotatable bonds is 12. The molecule has 0 fully saturated rings. The first-order valence-corrected chi connectivity index (χ1v) is 9.96. The Bertz CT molecular complexity index is 658. The molecule has 6 heteroatoms. The van der Waals surface area contributed by atoms with Crippen molar-refractivity contribution in [2.45, 2.75) is 32.4 Å². The molecule has 2 N–H and O–H groups in total. The lowest BCUT2D eigenvalue weighted by Crippen LogP contribution is -2.40. The Balaban J connectivity index is 1.76. The zero-order valence-corrected chi connectivity index (χ0v) is 17.4. The lowest BCUT2D eigenvalue weighted by atomic mass is 10.1. The molecule has 0 amide bonds. The highest BCUT2D eigenvalue weighted by Crippen LogP contribution is 2.08. The standard InChI is InChI=1S/C22H34N4O2/c1-19(26(2)18-20-8-5-4-6-9-20)11-13-23-22(25-15-17-27-3)24-14-12-21-10-7-16-28-21/h4-10,16,19H,11-15,17-18H2,1-3H3,(H2,23,24,25). The number of ether oxygens (including phenoxy) is 1. The van der Waals surface area contributed by atoms with E-state index in [9.17, 15) is 0 Å². The maximum atomic E-state index is 5.38. The van der Waals surface area contributed by atoms with Crippen LogP contribution < -0.4 is 10.6 Å². The fourth-order valence-corrected chi connectivity index (χ4v) is 2.82. The molecule has 2 rings (SSSR count). The van der Waals surface area contributed by atoms with E-state index in [0.29, 0.717) is 12.6 Å². The zero-order chi connectivity index (χ0) is 20.0.